The van der Waals surface area contributed by atoms with Crippen LogP contribution < -0.4 is 9.47 Å². The second-order valence-corrected chi connectivity index (χ2v) is 4.80. The van der Waals surface area contributed by atoms with E-state index in [1.165, 1.54) is 0 Å². The van der Waals surface area contributed by atoms with Crippen LogP contribution in [0.4, 0.5) is 0 Å². The largest absolute Gasteiger partial charge is 0.497 e. The van der Waals surface area contributed by atoms with Gasteiger partial charge in [0.05, 0.1) is 26.9 Å². The van der Waals surface area contributed by atoms with Gasteiger partial charge in [-0.3, -0.25) is 4.90 Å². The van der Waals surface area contributed by atoms with Crippen LogP contribution in [0.25, 0.3) is 0 Å². The third kappa shape index (κ3) is 5.77. The van der Waals surface area contributed by atoms with E-state index in [-0.39, 0.29) is 6.10 Å². The summed E-state index contributed by atoms with van der Waals surface area (Å²) in [5.74, 6) is 1.53. The Hall–Kier alpha value is -1.30. The molecule has 0 amide bonds. The Labute approximate surface area is 121 Å². The monoisotopic (exact) mass is 283 g/mol. The van der Waals surface area contributed by atoms with E-state index >= 15 is 0 Å². The summed E-state index contributed by atoms with van der Waals surface area (Å²) in [6, 6.07) is 5.80. The van der Waals surface area contributed by atoms with E-state index in [9.17, 15) is 5.11 Å². The van der Waals surface area contributed by atoms with E-state index in [4.69, 9.17) is 14.2 Å². The molecule has 0 aliphatic carbocycles. The Morgan fingerprint density at radius 3 is 2.15 bits per heavy atom. The van der Waals surface area contributed by atoms with Gasteiger partial charge in [-0.2, -0.15) is 0 Å². The van der Waals surface area contributed by atoms with Crippen molar-refractivity contribution in [3.8, 4) is 11.5 Å². The quantitative estimate of drug-likeness (QED) is 0.745. The molecule has 0 aliphatic rings. The summed E-state index contributed by atoms with van der Waals surface area (Å²) in [5.41, 5.74) is 1.08. The van der Waals surface area contributed by atoms with Crippen molar-refractivity contribution >= 4 is 0 Å². The number of aliphatic hydroxyl groups is 1. The van der Waals surface area contributed by atoms with Crippen molar-refractivity contribution in [2.24, 2.45) is 0 Å². The molecule has 114 valence electrons. The van der Waals surface area contributed by atoms with Gasteiger partial charge in [0.1, 0.15) is 11.5 Å². The van der Waals surface area contributed by atoms with Crippen LogP contribution in [0.3, 0.4) is 0 Å². The Morgan fingerprint density at radius 1 is 1.10 bits per heavy atom. The number of rotatable bonds is 9. The average Bonchev–Trinajstić information content (AvgIpc) is 2.43. The lowest BCUT2D eigenvalue weighted by Crippen LogP contribution is -2.33. The van der Waals surface area contributed by atoms with Gasteiger partial charge >= 0.3 is 0 Å². The van der Waals surface area contributed by atoms with Crippen molar-refractivity contribution in [2.45, 2.75) is 19.6 Å². The Kier molecular flexibility index (Phi) is 7.36. The third-order valence-corrected chi connectivity index (χ3v) is 2.95. The first kappa shape index (κ1) is 16.8. The lowest BCUT2D eigenvalue weighted by Gasteiger charge is -2.23. The molecule has 20 heavy (non-hydrogen) atoms. The summed E-state index contributed by atoms with van der Waals surface area (Å²) in [6.07, 6.45) is -0.376. The highest BCUT2D eigenvalue weighted by Gasteiger charge is 2.11. The predicted molar refractivity (Wildman–Crippen MR) is 78.4 cm³/mol. The minimum absolute atomic E-state index is 0.376. The third-order valence-electron chi connectivity index (χ3n) is 2.95. The minimum Gasteiger partial charge on any atom is -0.497 e. The van der Waals surface area contributed by atoms with Crippen LogP contribution in [0, 0.1) is 0 Å². The zero-order valence-corrected chi connectivity index (χ0v) is 12.8. The minimum atomic E-state index is -0.376. The van der Waals surface area contributed by atoms with E-state index < -0.39 is 0 Å². The summed E-state index contributed by atoms with van der Waals surface area (Å²) in [7, 11) is 4.95. The van der Waals surface area contributed by atoms with Gasteiger partial charge < -0.3 is 19.3 Å². The van der Waals surface area contributed by atoms with Gasteiger partial charge in [0.15, 0.2) is 0 Å². The van der Waals surface area contributed by atoms with Crippen LogP contribution in [0.2, 0.25) is 0 Å². The van der Waals surface area contributed by atoms with Gasteiger partial charge in [-0.1, -0.05) is 0 Å². The van der Waals surface area contributed by atoms with Gasteiger partial charge in [-0.05, 0) is 24.6 Å². The molecule has 0 spiro atoms. The zero-order valence-electron chi connectivity index (χ0n) is 12.8. The fraction of sp³-hybridized carbons (Fsp3) is 0.600. The van der Waals surface area contributed by atoms with Crippen molar-refractivity contribution in [3.05, 3.63) is 23.8 Å². The maximum absolute atomic E-state index is 9.57. The predicted octanol–water partition coefficient (Wildman–Crippen LogP) is 1.53. The molecule has 1 atom stereocenters. The summed E-state index contributed by atoms with van der Waals surface area (Å²) < 4.78 is 15.6. The topological polar surface area (TPSA) is 51.2 Å². The zero-order chi connectivity index (χ0) is 15.0. The normalized spacial score (nSPS) is 12.5. The van der Waals surface area contributed by atoms with Gasteiger partial charge in [-0.15, -0.1) is 0 Å². The van der Waals surface area contributed by atoms with E-state index in [2.05, 4.69) is 4.90 Å². The number of hydrogen-bond donors (Lipinski definition) is 1. The Balaban J connectivity index is 2.79. The SMILES string of the molecule is COCCN(Cc1cc(OC)cc(OC)c1)CC(C)O. The lowest BCUT2D eigenvalue weighted by atomic mass is 10.1. The Bertz CT molecular complexity index is 373. The molecule has 0 radical (unpaired) electrons. The number of nitrogens with zero attached hydrogens (tertiary/aromatic N) is 1. The standard InChI is InChI=1S/C15H25NO4/c1-12(17)10-16(5-6-18-2)11-13-7-14(19-3)9-15(8-13)20-4/h7-9,12,17H,5-6,10-11H2,1-4H3. The highest BCUT2D eigenvalue weighted by atomic mass is 16.5. The first-order chi connectivity index (χ1) is 9.58. The number of aliphatic hydroxyl groups excluding tert-OH is 1. The number of methoxy groups -OCH3 is 3. The maximum atomic E-state index is 9.57. The van der Waals surface area contributed by atoms with Gasteiger partial charge in [-0.25, -0.2) is 0 Å². The first-order valence-corrected chi connectivity index (χ1v) is 6.70. The molecule has 0 heterocycles. The van der Waals surface area contributed by atoms with Gasteiger partial charge in [0.25, 0.3) is 0 Å². The van der Waals surface area contributed by atoms with Crippen LogP contribution >= 0.6 is 0 Å². The molecule has 1 unspecified atom stereocenters. The highest BCUT2D eigenvalue weighted by Crippen LogP contribution is 2.23. The van der Waals surface area contributed by atoms with E-state index in [0.717, 1.165) is 23.6 Å². The summed E-state index contributed by atoms with van der Waals surface area (Å²) >= 11 is 0. The van der Waals surface area contributed by atoms with E-state index in [0.29, 0.717) is 19.7 Å². The number of ether oxygens (including phenoxy) is 3. The number of hydrogen-bond acceptors (Lipinski definition) is 5. The van der Waals surface area contributed by atoms with Crippen molar-refractivity contribution in [1.29, 1.82) is 0 Å². The van der Waals surface area contributed by atoms with Crippen LogP contribution in [0.1, 0.15) is 12.5 Å². The van der Waals surface area contributed by atoms with Crippen molar-refractivity contribution in [3.63, 3.8) is 0 Å². The number of benzene rings is 1. The molecule has 0 aliphatic heterocycles. The fourth-order valence-electron chi connectivity index (χ4n) is 2.04. The molecule has 1 N–H and O–H groups in total. The second kappa shape index (κ2) is 8.79. The molecule has 0 saturated heterocycles. The van der Waals surface area contributed by atoms with Crippen LogP contribution in [0.5, 0.6) is 11.5 Å². The lowest BCUT2D eigenvalue weighted by molar-refractivity contribution is 0.0939. The highest BCUT2D eigenvalue weighted by molar-refractivity contribution is 5.38. The summed E-state index contributed by atoms with van der Waals surface area (Å²) in [6.45, 7) is 4.49. The fourth-order valence-corrected chi connectivity index (χ4v) is 2.04. The molecule has 0 bridgehead atoms. The molecule has 1 aromatic carbocycles. The summed E-state index contributed by atoms with van der Waals surface area (Å²) in [5, 5.41) is 9.57. The molecule has 5 heteroatoms. The Morgan fingerprint density at radius 2 is 1.70 bits per heavy atom. The molecule has 1 aromatic rings. The van der Waals surface area contributed by atoms with Crippen LogP contribution in [0.15, 0.2) is 18.2 Å². The van der Waals surface area contributed by atoms with Gasteiger partial charge in [0, 0.05) is 32.8 Å². The molecule has 0 fully saturated rings. The molecule has 5 nitrogen and oxygen atoms in total. The molecule has 0 aromatic heterocycles. The first-order valence-electron chi connectivity index (χ1n) is 6.70. The summed E-state index contributed by atoms with van der Waals surface area (Å²) in [4.78, 5) is 2.14. The van der Waals surface area contributed by atoms with Crippen molar-refractivity contribution < 1.29 is 19.3 Å². The van der Waals surface area contributed by atoms with Crippen LogP contribution in [-0.4, -0.2) is 57.1 Å². The van der Waals surface area contributed by atoms with Crippen molar-refractivity contribution in [1.82, 2.24) is 4.90 Å². The van der Waals surface area contributed by atoms with E-state index in [1.54, 1.807) is 28.3 Å². The van der Waals surface area contributed by atoms with Crippen molar-refractivity contribution in [2.75, 3.05) is 41.0 Å². The molecule has 1 rings (SSSR count). The van der Waals surface area contributed by atoms with Crippen LogP contribution in [-0.2, 0) is 11.3 Å². The smallest absolute Gasteiger partial charge is 0.122 e. The second-order valence-electron chi connectivity index (χ2n) is 4.80. The molecular weight excluding hydrogens is 258 g/mol. The average molecular weight is 283 g/mol. The molecule has 0 saturated carbocycles. The molecular formula is C15H25NO4. The van der Waals surface area contributed by atoms with E-state index in [1.807, 2.05) is 18.2 Å². The van der Waals surface area contributed by atoms with Gasteiger partial charge in [0.2, 0.25) is 0 Å². The maximum Gasteiger partial charge on any atom is 0.122 e.